The van der Waals surface area contributed by atoms with Gasteiger partial charge in [0.2, 0.25) is 17.6 Å². The van der Waals surface area contributed by atoms with E-state index in [9.17, 15) is 19.2 Å². The van der Waals surface area contributed by atoms with Gasteiger partial charge in [-0.1, -0.05) is 54.6 Å². The fraction of sp³-hybridized carbons (Fsp3) is 0.333. The largest absolute Gasteiger partial charge is 0.451 e. The minimum atomic E-state index is -1.01. The van der Waals surface area contributed by atoms with Crippen molar-refractivity contribution in [2.75, 3.05) is 4.90 Å². The average Bonchev–Trinajstić information content (AvgIpc) is 3.62. The molecule has 4 aliphatic carbocycles. The number of ketones is 1. The highest BCUT2D eigenvalue weighted by Crippen LogP contribution is 2.65. The van der Waals surface area contributed by atoms with Crippen LogP contribution in [0.2, 0.25) is 0 Å². The van der Waals surface area contributed by atoms with Gasteiger partial charge < -0.3 is 4.74 Å². The first kappa shape index (κ1) is 20.1. The van der Waals surface area contributed by atoms with Crippen LogP contribution in [0.25, 0.3) is 0 Å². The van der Waals surface area contributed by atoms with E-state index in [2.05, 4.69) is 12.2 Å². The molecule has 7 rings (SSSR count). The minimum absolute atomic E-state index is 0.106. The molecule has 6 heteroatoms. The van der Waals surface area contributed by atoms with Gasteiger partial charge in [-0.05, 0) is 49.1 Å². The number of benzene rings is 2. The number of rotatable bonds is 5. The van der Waals surface area contributed by atoms with E-state index in [0.29, 0.717) is 17.4 Å². The fourth-order valence-electron chi connectivity index (χ4n) is 6.15. The lowest BCUT2D eigenvalue weighted by Crippen LogP contribution is -2.40. The van der Waals surface area contributed by atoms with Crippen LogP contribution in [0.5, 0.6) is 0 Å². The van der Waals surface area contributed by atoms with Crippen LogP contribution >= 0.6 is 0 Å². The molecular formula is C27H23NO5. The summed E-state index contributed by atoms with van der Waals surface area (Å²) >= 11 is 0. The molecular weight excluding hydrogens is 418 g/mol. The zero-order chi connectivity index (χ0) is 22.9. The summed E-state index contributed by atoms with van der Waals surface area (Å²) < 4.78 is 5.47. The van der Waals surface area contributed by atoms with Gasteiger partial charge in [0, 0.05) is 5.56 Å². The lowest BCUT2D eigenvalue weighted by molar-refractivity contribution is -0.124. The van der Waals surface area contributed by atoms with Crippen LogP contribution < -0.4 is 4.90 Å². The van der Waals surface area contributed by atoms with E-state index in [1.54, 1.807) is 48.5 Å². The number of allylic oxidation sites excluding steroid dienone is 2. The first-order chi connectivity index (χ1) is 16.0. The van der Waals surface area contributed by atoms with Crippen LogP contribution in [0.15, 0.2) is 66.7 Å². The fourth-order valence-corrected chi connectivity index (χ4v) is 6.15. The van der Waals surface area contributed by atoms with Gasteiger partial charge in [0.1, 0.15) is 0 Å². The zero-order valence-electron chi connectivity index (χ0n) is 18.1. The second-order valence-electron chi connectivity index (χ2n) is 9.46. The van der Waals surface area contributed by atoms with E-state index < -0.39 is 12.1 Å². The van der Waals surface area contributed by atoms with Gasteiger partial charge in [0.15, 0.2) is 6.10 Å². The van der Waals surface area contributed by atoms with Gasteiger partial charge in [-0.15, -0.1) is 0 Å². The van der Waals surface area contributed by atoms with E-state index in [1.807, 2.05) is 0 Å². The number of hydrogen-bond acceptors (Lipinski definition) is 5. The number of Topliss-reactive ketones (excluding diaryl/α,β-unsaturated/α-hetero) is 1. The summed E-state index contributed by atoms with van der Waals surface area (Å²) in [5.41, 5.74) is 0.789. The molecule has 3 fully saturated rings. The molecule has 1 aliphatic heterocycles. The normalized spacial score (nSPS) is 31.7. The quantitative estimate of drug-likeness (QED) is 0.306. The van der Waals surface area contributed by atoms with Crippen molar-refractivity contribution in [3.05, 3.63) is 77.9 Å². The molecule has 0 radical (unpaired) electrons. The lowest BCUT2D eigenvalue weighted by Gasteiger charge is -2.37. The maximum atomic E-state index is 13.5. The number of carbonyl (C=O) groups is 4. The Morgan fingerprint density at radius 3 is 2.09 bits per heavy atom. The molecule has 5 aliphatic rings. The standard InChI is InChI=1S/C27H23NO5/c1-14(24(29)15-7-3-2-4-8-15)33-27(32)18-9-5-6-10-21(18)28-25(30)22-16-11-12-17(20-13-19(16)20)23(22)26(28)31/h2-12,14,16-17,19-20,22-23H,13H2,1H3/t14-,16-,17+,19-,20-,22+,23+/m1/s1. The second kappa shape index (κ2) is 7.24. The smallest absolute Gasteiger partial charge is 0.340 e. The molecule has 0 spiro atoms. The summed E-state index contributed by atoms with van der Waals surface area (Å²) in [4.78, 5) is 53.8. The number of imide groups is 1. The Bertz CT molecular complexity index is 1180. The molecule has 0 N–H and O–H groups in total. The Labute approximate surface area is 191 Å². The molecule has 2 aromatic rings. The second-order valence-corrected chi connectivity index (χ2v) is 9.46. The monoisotopic (exact) mass is 441 g/mol. The number of carbonyl (C=O) groups excluding carboxylic acids is 4. The van der Waals surface area contributed by atoms with Crippen molar-refractivity contribution in [2.24, 2.45) is 35.5 Å². The van der Waals surface area contributed by atoms with Crippen LogP contribution in [0, 0.1) is 35.5 Å². The predicted molar refractivity (Wildman–Crippen MR) is 119 cm³/mol. The number of para-hydroxylation sites is 1. The Hall–Kier alpha value is -3.54. The molecule has 2 saturated carbocycles. The number of esters is 1. The summed E-state index contributed by atoms with van der Waals surface area (Å²) in [6.45, 7) is 1.52. The summed E-state index contributed by atoms with van der Waals surface area (Å²) in [5.74, 6) is -0.997. The van der Waals surface area contributed by atoms with Crippen LogP contribution in [0.1, 0.15) is 34.1 Å². The molecule has 7 atom stereocenters. The van der Waals surface area contributed by atoms with E-state index in [4.69, 9.17) is 4.74 Å². The summed E-state index contributed by atoms with van der Waals surface area (Å²) in [6, 6.07) is 15.1. The number of amides is 2. The van der Waals surface area contributed by atoms with Gasteiger partial charge in [-0.25, -0.2) is 9.69 Å². The minimum Gasteiger partial charge on any atom is -0.451 e. The van der Waals surface area contributed by atoms with Crippen molar-refractivity contribution in [1.82, 2.24) is 0 Å². The molecule has 33 heavy (non-hydrogen) atoms. The summed E-state index contributed by atoms with van der Waals surface area (Å²) in [6.07, 6.45) is 4.32. The van der Waals surface area contributed by atoms with Crippen LogP contribution in [-0.4, -0.2) is 29.7 Å². The molecule has 1 saturated heterocycles. The maximum Gasteiger partial charge on any atom is 0.340 e. The summed E-state index contributed by atoms with van der Waals surface area (Å²) in [7, 11) is 0. The molecule has 1 heterocycles. The van der Waals surface area contributed by atoms with Gasteiger partial charge in [0.25, 0.3) is 0 Å². The third kappa shape index (κ3) is 2.93. The lowest BCUT2D eigenvalue weighted by atomic mass is 9.63. The van der Waals surface area contributed by atoms with Crippen molar-refractivity contribution in [1.29, 1.82) is 0 Å². The first-order valence-corrected chi connectivity index (χ1v) is 11.4. The highest BCUT2D eigenvalue weighted by Gasteiger charge is 2.67. The van der Waals surface area contributed by atoms with Gasteiger partial charge in [-0.3, -0.25) is 14.4 Å². The maximum absolute atomic E-state index is 13.5. The average molecular weight is 441 g/mol. The van der Waals surface area contributed by atoms with Crippen molar-refractivity contribution in [3.63, 3.8) is 0 Å². The highest BCUT2D eigenvalue weighted by atomic mass is 16.5. The predicted octanol–water partition coefficient (Wildman–Crippen LogP) is 3.67. The van der Waals surface area contributed by atoms with Crippen LogP contribution in [-0.2, 0) is 14.3 Å². The van der Waals surface area contributed by atoms with E-state index in [1.165, 1.54) is 17.9 Å². The number of anilines is 1. The SMILES string of the molecule is C[C@@H](OC(=O)c1ccccc1N1C(=O)[C@H]2[C@@H]3C=C[C@@H]([C@H]4C[C@H]34)[C@@H]2C1=O)C(=O)c1ccccc1. The van der Waals surface area contributed by atoms with Crippen LogP contribution in [0.4, 0.5) is 5.69 Å². The van der Waals surface area contributed by atoms with E-state index >= 15 is 0 Å². The summed E-state index contributed by atoms with van der Waals surface area (Å²) in [5, 5.41) is 0. The van der Waals surface area contributed by atoms with Gasteiger partial charge in [0.05, 0.1) is 23.1 Å². The third-order valence-corrected chi connectivity index (χ3v) is 7.74. The zero-order valence-corrected chi connectivity index (χ0v) is 18.1. The molecule has 2 bridgehead atoms. The Morgan fingerprint density at radius 1 is 0.879 bits per heavy atom. The molecule has 6 nitrogen and oxygen atoms in total. The molecule has 0 aromatic heterocycles. The number of nitrogens with zero attached hydrogens (tertiary/aromatic N) is 1. The van der Waals surface area contributed by atoms with Crippen molar-refractivity contribution >= 4 is 29.3 Å². The Balaban J connectivity index is 1.27. The van der Waals surface area contributed by atoms with E-state index in [0.717, 1.165) is 6.42 Å². The van der Waals surface area contributed by atoms with Crippen molar-refractivity contribution in [2.45, 2.75) is 19.4 Å². The van der Waals surface area contributed by atoms with Gasteiger partial charge in [-0.2, -0.15) is 0 Å². The highest BCUT2D eigenvalue weighted by molar-refractivity contribution is 6.24. The van der Waals surface area contributed by atoms with Crippen LogP contribution in [0.3, 0.4) is 0 Å². The molecule has 2 amide bonds. The van der Waals surface area contributed by atoms with Crippen molar-refractivity contribution < 1.29 is 23.9 Å². The third-order valence-electron chi connectivity index (χ3n) is 7.74. The Kier molecular flexibility index (Phi) is 4.41. The number of hydrogen-bond donors (Lipinski definition) is 0. The first-order valence-electron chi connectivity index (χ1n) is 11.4. The van der Waals surface area contributed by atoms with E-state index in [-0.39, 0.29) is 52.5 Å². The number of ether oxygens (including phenoxy) is 1. The topological polar surface area (TPSA) is 80.8 Å². The van der Waals surface area contributed by atoms with Gasteiger partial charge >= 0.3 is 5.97 Å². The Morgan fingerprint density at radius 2 is 1.45 bits per heavy atom. The molecule has 2 aromatic carbocycles. The van der Waals surface area contributed by atoms with Crippen molar-refractivity contribution in [3.8, 4) is 0 Å². The molecule has 166 valence electrons. The molecule has 0 unspecified atom stereocenters.